The summed E-state index contributed by atoms with van der Waals surface area (Å²) in [6.45, 7) is 40.3. The Balaban J connectivity index is 0.000000237. The fraction of sp³-hybridized carbons (Fsp3) is 0.670. The van der Waals surface area contributed by atoms with Crippen LogP contribution in [0.4, 0.5) is 13.2 Å². The summed E-state index contributed by atoms with van der Waals surface area (Å²) < 4.78 is 106. The minimum absolute atomic E-state index is 0.0231. The van der Waals surface area contributed by atoms with Gasteiger partial charge < -0.3 is 63.0 Å². The molecule has 6 aromatic heterocycles. The number of ether oxygens (including phenoxy) is 8. The van der Waals surface area contributed by atoms with Crippen molar-refractivity contribution in [2.24, 2.45) is 11.7 Å². The van der Waals surface area contributed by atoms with E-state index < -0.39 is 21.4 Å². The highest BCUT2D eigenvalue weighted by molar-refractivity contribution is 7.87. The lowest BCUT2D eigenvalue weighted by molar-refractivity contribution is -0.179. The van der Waals surface area contributed by atoms with Gasteiger partial charge in [-0.05, 0) is 226 Å². The predicted molar refractivity (Wildman–Crippen MR) is 546 cm³/mol. The second-order valence-corrected chi connectivity index (χ2v) is 37.4. The van der Waals surface area contributed by atoms with Crippen LogP contribution in [0.3, 0.4) is 0 Å². The van der Waals surface area contributed by atoms with Crippen molar-refractivity contribution in [3.8, 4) is 0 Å². The highest BCUT2D eigenvalue weighted by atomic mass is 32.2. The Hall–Kier alpha value is -7.20. The zero-order valence-corrected chi connectivity index (χ0v) is 87.2. The number of hydrogen-bond donors (Lipinski definition) is 3. The van der Waals surface area contributed by atoms with Crippen molar-refractivity contribution in [2.75, 3.05) is 79.0 Å². The number of rotatable bonds is 11. The fourth-order valence-corrected chi connectivity index (χ4v) is 20.0. The molecule has 0 unspecified atom stereocenters. The second-order valence-electron chi connectivity index (χ2n) is 35.8. The number of allylic oxidation sites excluding steroid dienone is 2. The van der Waals surface area contributed by atoms with Gasteiger partial charge in [0.1, 0.15) is 17.3 Å². The summed E-state index contributed by atoms with van der Waals surface area (Å²) in [6.07, 6.45) is 46.6. The molecule has 6 aromatic rings. The summed E-state index contributed by atoms with van der Waals surface area (Å²) in [6, 6.07) is 39.3. The van der Waals surface area contributed by atoms with Crippen LogP contribution in [-0.4, -0.2) is 204 Å². The van der Waals surface area contributed by atoms with Gasteiger partial charge in [0.05, 0.1) is 58.5 Å². The SMILES string of the molecule is C1=C(c2ccccn2)CCC2(C1)OCCO2.CB(O)NC1CCCC1.CC.CC.CC.CC.CC.CC.C[C@@H]1CCN(C2CCC(c3ccccn3)CC2)C1.Cc1ccccn1.N[C@@H]1CCN(C2CCC(c3ccccn3)CC2)C1.O=C1CCC(c2ccccn2)CC1.O=C1CCC2(CC1)OCCO2.O=S(=O)(OC1=CCC2(CC1)OCCO2)C(F)(F)F.c1ccc(C2CCC3(CC2)OCCO3)nc1. The molecule has 0 radical (unpaired) electrons. The van der Waals surface area contributed by atoms with Crippen LogP contribution in [-0.2, 0) is 61.8 Å². The molecular weight excluding hydrogens is 1770 g/mol. The predicted octanol–water partition coefficient (Wildman–Crippen LogP) is 23.5. The summed E-state index contributed by atoms with van der Waals surface area (Å²) in [4.78, 5) is 53.4. The lowest BCUT2D eigenvalue weighted by atomic mass is 9.83. The Bertz CT molecular complexity index is 4230. The fourth-order valence-electron chi connectivity index (χ4n) is 19.5. The summed E-state index contributed by atoms with van der Waals surface area (Å²) in [5.41, 5.74) is 9.01. The molecule has 4 spiro atoms. The smallest absolute Gasteiger partial charge is 0.437 e. The van der Waals surface area contributed by atoms with Gasteiger partial charge in [-0.3, -0.25) is 44.4 Å². The van der Waals surface area contributed by atoms with Crippen molar-refractivity contribution in [1.82, 2.24) is 44.9 Å². The molecule has 12 fully saturated rings. The standard InChI is InChI=1S/C16H24N2.C15H23N3.C13H17NO2.C13H15NO2.C11H13NO.C9H11F3O5S.C8H12O3.C6H14BNO.C6H7N.6C2H6/c1-13-9-11-18(12-13)15-7-5-14(6-8-15)16-4-2-3-10-17-16;16-13-8-10-18(11-13)14-6-4-12(5-7-14)15-3-1-2-9-17-15;2*1-2-8-14-12(3-1)11-4-6-13(7-5-11)15-9-10-16-13;13-10-6-4-9(5-7-10)11-3-1-2-8-12-11;10-9(11,12)18(13,14)17-7-1-3-8(4-2-7)15-5-6-16-8;9-7-1-3-8(4-2-7)10-5-6-11-8;1-7(9)8-6-4-2-3-5-6;1-6-4-2-3-5-7-6;6*1-2/h2-4,10,13-15H,5-9,11-12H2,1H3;1-3,9,12-14H,4-8,10-11,16H2;1-3,8,11H,4-7,9-10H2;1-4,8H,5-7,9-10H2;1-3,8-9H,4-7H2;1H,2-6H2;1-6H2;6,8-9H,2-5H2,1H3;2-5H,1H3;6*1-2H3/t13-,14?,15?;12?,13-,14?;;;;;;;;;;;;;/m11............./s1. The Kier molecular flexibility index (Phi) is 57.0. The second kappa shape index (κ2) is 65.9. The van der Waals surface area contributed by atoms with Crippen LogP contribution >= 0.6 is 0 Å². The zero-order valence-electron chi connectivity index (χ0n) is 86.3. The number of hydrogen-bond acceptors (Lipinski definition) is 24. The maximum absolute atomic E-state index is 12.1. The molecule has 24 nitrogen and oxygen atoms in total. The Labute approximate surface area is 827 Å². The number of carbonyl (C=O) groups excluding carboxylic acids is 2. The van der Waals surface area contributed by atoms with Crippen LogP contribution in [0.25, 0.3) is 5.57 Å². The lowest BCUT2D eigenvalue weighted by Crippen LogP contribution is -2.38. The van der Waals surface area contributed by atoms with Gasteiger partial charge in [0.25, 0.3) is 0 Å². The number of aryl methyl sites for hydroxylation is 1. The molecular formula is C109H172BF3N10O14S. The Morgan fingerprint density at radius 1 is 0.428 bits per heavy atom. The van der Waals surface area contributed by atoms with E-state index in [1.807, 2.05) is 182 Å². The third-order valence-electron chi connectivity index (χ3n) is 26.6. The minimum atomic E-state index is -5.58. The summed E-state index contributed by atoms with van der Waals surface area (Å²) in [7, 11) is -5.91. The van der Waals surface area contributed by atoms with Crippen molar-refractivity contribution in [1.29, 1.82) is 0 Å². The molecule has 8 aliphatic carbocycles. The molecule has 6 aliphatic heterocycles. The molecule has 20 rings (SSSR count). The van der Waals surface area contributed by atoms with Crippen molar-refractivity contribution in [2.45, 2.75) is 386 Å². The topological polar surface area (TPSA) is 293 Å². The van der Waals surface area contributed by atoms with E-state index in [1.54, 1.807) is 13.0 Å². The molecule has 0 amide bonds. The molecule has 0 bridgehead atoms. The first-order chi connectivity index (χ1) is 67.0. The van der Waals surface area contributed by atoms with E-state index in [4.69, 9.17) is 48.7 Å². The third kappa shape index (κ3) is 41.3. The van der Waals surface area contributed by atoms with E-state index in [1.165, 1.54) is 138 Å². The molecule has 0 aromatic carbocycles. The molecule has 772 valence electrons. The van der Waals surface area contributed by atoms with Gasteiger partial charge in [-0.2, -0.15) is 21.6 Å². The van der Waals surface area contributed by atoms with Crippen LogP contribution in [0.5, 0.6) is 0 Å². The molecule has 4 N–H and O–H groups in total. The number of pyridine rings is 6. The Morgan fingerprint density at radius 2 is 0.790 bits per heavy atom. The molecule has 2 atom stereocenters. The van der Waals surface area contributed by atoms with E-state index in [2.05, 4.69) is 111 Å². The first-order valence-electron chi connectivity index (χ1n) is 52.7. The van der Waals surface area contributed by atoms with Gasteiger partial charge in [-0.1, -0.05) is 145 Å². The zero-order chi connectivity index (χ0) is 101. The van der Waals surface area contributed by atoms with Gasteiger partial charge in [0.15, 0.2) is 23.1 Å². The summed E-state index contributed by atoms with van der Waals surface area (Å²) >= 11 is 0. The largest absolute Gasteiger partial charge is 0.534 e. The van der Waals surface area contributed by atoms with Crippen molar-refractivity contribution in [3.63, 3.8) is 0 Å². The molecule has 138 heavy (non-hydrogen) atoms. The number of carbonyl (C=O) groups is 2. The number of nitrogens with zero attached hydrogens (tertiary/aromatic N) is 8. The lowest BCUT2D eigenvalue weighted by Gasteiger charge is -2.35. The highest BCUT2D eigenvalue weighted by Gasteiger charge is 2.50. The number of halogens is 3. The van der Waals surface area contributed by atoms with Gasteiger partial charge in [-0.15, -0.1) is 0 Å². The van der Waals surface area contributed by atoms with E-state index >= 15 is 0 Å². The molecule has 14 aliphatic rings. The number of nitrogens with one attached hydrogen (secondary N) is 1. The van der Waals surface area contributed by atoms with Crippen LogP contribution in [0, 0.1) is 12.8 Å². The number of ketones is 2. The van der Waals surface area contributed by atoms with Crippen LogP contribution in [0.1, 0.15) is 353 Å². The molecule has 12 heterocycles. The van der Waals surface area contributed by atoms with Gasteiger partial charge in [0.2, 0.25) is 0 Å². The number of nitrogens with two attached hydrogens (primary N) is 1. The van der Waals surface area contributed by atoms with Gasteiger partial charge in [0, 0.05) is 211 Å². The number of Topliss-reactive ketones (excluding diaryl/α,β-unsaturated/α-hetero) is 2. The van der Waals surface area contributed by atoms with Crippen LogP contribution in [0.15, 0.2) is 164 Å². The maximum Gasteiger partial charge on any atom is 0.534 e. The van der Waals surface area contributed by atoms with Gasteiger partial charge >= 0.3 is 22.7 Å². The summed E-state index contributed by atoms with van der Waals surface area (Å²) in [5, 5.41) is 12.0. The van der Waals surface area contributed by atoms with Crippen LogP contribution < -0.4 is 11.0 Å². The first kappa shape index (κ1) is 120. The molecule has 6 saturated carbocycles. The van der Waals surface area contributed by atoms with Crippen molar-refractivity contribution >= 4 is 34.3 Å². The maximum atomic E-state index is 12.1. The highest BCUT2D eigenvalue weighted by Crippen LogP contribution is 2.45. The quantitative estimate of drug-likeness (QED) is 0.0617. The monoisotopic (exact) mass is 1950 g/mol. The average molecular weight is 1950 g/mol. The van der Waals surface area contributed by atoms with Crippen LogP contribution in [0.2, 0.25) is 6.82 Å². The molecule has 6 saturated heterocycles. The normalized spacial score (nSPS) is 23.7. The number of likely N-dealkylation sites (tertiary alicyclic amines) is 2. The van der Waals surface area contributed by atoms with Gasteiger partial charge in [-0.25, -0.2) is 0 Å². The van der Waals surface area contributed by atoms with Crippen molar-refractivity contribution < 1.29 is 78.3 Å². The third-order valence-corrected chi connectivity index (χ3v) is 27.6. The van der Waals surface area contributed by atoms with E-state index in [0.29, 0.717) is 86.6 Å². The molecule has 29 heteroatoms. The van der Waals surface area contributed by atoms with E-state index in [0.717, 1.165) is 152 Å². The minimum Gasteiger partial charge on any atom is -0.437 e. The summed E-state index contributed by atoms with van der Waals surface area (Å²) in [5.74, 6) is 2.17. The van der Waals surface area contributed by atoms with Crippen molar-refractivity contribution in [3.05, 3.63) is 198 Å². The number of aromatic nitrogens is 6. The first-order valence-corrected chi connectivity index (χ1v) is 54.1. The number of alkyl halides is 3. The average Bonchev–Trinajstić information content (AvgIpc) is 1.79. The Morgan fingerprint density at radius 3 is 1.12 bits per heavy atom. The van der Waals surface area contributed by atoms with E-state index in [-0.39, 0.29) is 49.4 Å². The van der Waals surface area contributed by atoms with E-state index in [9.17, 15) is 31.2 Å².